The number of carbonyl (C=O) groups is 3. The number of hydrogen-bond donors (Lipinski definition) is 4. The number of urea groups is 1. The van der Waals surface area contributed by atoms with Gasteiger partial charge in [-0.25, -0.2) is 4.79 Å². The Morgan fingerprint density at radius 2 is 1.24 bits per heavy atom. The number of nitrogens with two attached hydrogens (primary N) is 2. The number of nitrogens with one attached hydrogen (secondary N) is 2. The lowest BCUT2D eigenvalue weighted by molar-refractivity contribution is -0.158. The number of esters is 2. The Labute approximate surface area is 223 Å². The van der Waals surface area contributed by atoms with Crippen LogP contribution in [0.25, 0.3) is 0 Å². The van der Waals surface area contributed by atoms with Crippen LogP contribution >= 0.6 is 0 Å². The van der Waals surface area contributed by atoms with Crippen LogP contribution in [0.4, 0.5) is 4.79 Å². The fourth-order valence-electron chi connectivity index (χ4n) is 3.31. The van der Waals surface area contributed by atoms with Gasteiger partial charge in [-0.05, 0) is 17.5 Å². The minimum atomic E-state index is -1.26. The summed E-state index contributed by atoms with van der Waals surface area (Å²) in [4.78, 5) is 37.6. The van der Waals surface area contributed by atoms with Crippen molar-refractivity contribution in [3.05, 3.63) is 71.8 Å². The summed E-state index contributed by atoms with van der Waals surface area (Å²) in [7, 11) is 0. The maximum Gasteiger partial charge on any atom is 0.324 e. The van der Waals surface area contributed by atoms with Crippen LogP contribution in [0, 0.1) is 5.92 Å². The minimum Gasteiger partial charge on any atom is -0.461 e. The van der Waals surface area contributed by atoms with Crippen LogP contribution in [0.15, 0.2) is 60.7 Å². The lowest BCUT2D eigenvalue weighted by Crippen LogP contribution is -2.46. The van der Waals surface area contributed by atoms with Crippen molar-refractivity contribution in [3.63, 3.8) is 0 Å². The van der Waals surface area contributed by atoms with Gasteiger partial charge in [0, 0.05) is 19.6 Å². The SMILES string of the molecule is NCCOCCOCCNC(=O)NCCC(C(=O)OCc1ccccc1)C(N)C(=O)OCc1ccccc1. The molecule has 11 nitrogen and oxygen atoms in total. The fourth-order valence-corrected chi connectivity index (χ4v) is 3.31. The predicted octanol–water partition coefficient (Wildman–Crippen LogP) is 1.10. The zero-order valence-corrected chi connectivity index (χ0v) is 21.5. The Hall–Kier alpha value is -3.51. The molecule has 2 atom stereocenters. The molecule has 0 heterocycles. The molecule has 208 valence electrons. The molecule has 0 aliphatic carbocycles. The average molecular weight is 531 g/mol. The van der Waals surface area contributed by atoms with Crippen molar-refractivity contribution in [1.82, 2.24) is 10.6 Å². The standard InChI is InChI=1S/C27H38N4O7/c28-12-15-35-17-18-36-16-14-31-27(34)30-13-11-23(25(32)37-19-21-7-3-1-4-8-21)24(29)26(33)38-20-22-9-5-2-6-10-22/h1-10,23-24H,11-20,28-29H2,(H2,30,31,34). The van der Waals surface area contributed by atoms with Gasteiger partial charge in [-0.2, -0.15) is 0 Å². The largest absolute Gasteiger partial charge is 0.461 e. The van der Waals surface area contributed by atoms with E-state index in [4.69, 9.17) is 30.4 Å². The minimum absolute atomic E-state index is 0.0288. The van der Waals surface area contributed by atoms with Crippen LogP contribution in [0.2, 0.25) is 0 Å². The van der Waals surface area contributed by atoms with Crippen molar-refractivity contribution >= 4 is 18.0 Å². The summed E-state index contributed by atoms with van der Waals surface area (Å²) < 4.78 is 21.3. The van der Waals surface area contributed by atoms with Crippen LogP contribution in [0.1, 0.15) is 17.5 Å². The highest BCUT2D eigenvalue weighted by Crippen LogP contribution is 2.14. The van der Waals surface area contributed by atoms with Crippen molar-refractivity contribution in [2.75, 3.05) is 46.1 Å². The van der Waals surface area contributed by atoms with Gasteiger partial charge in [0.2, 0.25) is 0 Å². The molecular formula is C27H38N4O7. The molecule has 38 heavy (non-hydrogen) atoms. The topological polar surface area (TPSA) is 164 Å². The van der Waals surface area contributed by atoms with E-state index in [0.29, 0.717) is 33.0 Å². The lowest BCUT2D eigenvalue weighted by Gasteiger charge is -2.21. The highest BCUT2D eigenvalue weighted by Gasteiger charge is 2.33. The first-order valence-corrected chi connectivity index (χ1v) is 12.5. The molecule has 2 unspecified atom stereocenters. The van der Waals surface area contributed by atoms with Gasteiger partial charge in [0.05, 0.1) is 32.3 Å². The molecule has 0 bridgehead atoms. The summed E-state index contributed by atoms with van der Waals surface area (Å²) >= 11 is 0. The first kappa shape index (κ1) is 30.7. The zero-order valence-electron chi connectivity index (χ0n) is 21.5. The Morgan fingerprint density at radius 3 is 1.82 bits per heavy atom. The average Bonchev–Trinajstić information content (AvgIpc) is 2.95. The summed E-state index contributed by atoms with van der Waals surface area (Å²) in [5.74, 6) is -2.39. The summed E-state index contributed by atoms with van der Waals surface area (Å²) in [5, 5.41) is 5.30. The third kappa shape index (κ3) is 12.6. The van der Waals surface area contributed by atoms with E-state index < -0.39 is 29.9 Å². The maximum absolute atomic E-state index is 12.9. The first-order chi connectivity index (χ1) is 18.5. The van der Waals surface area contributed by atoms with E-state index in [1.807, 2.05) is 60.7 Å². The van der Waals surface area contributed by atoms with Crippen LogP contribution < -0.4 is 22.1 Å². The van der Waals surface area contributed by atoms with Gasteiger partial charge in [0.25, 0.3) is 0 Å². The smallest absolute Gasteiger partial charge is 0.324 e. The second kappa shape index (κ2) is 18.7. The molecule has 0 spiro atoms. The van der Waals surface area contributed by atoms with E-state index in [9.17, 15) is 14.4 Å². The van der Waals surface area contributed by atoms with E-state index in [2.05, 4.69) is 10.6 Å². The van der Waals surface area contributed by atoms with E-state index in [-0.39, 0.29) is 32.7 Å². The molecule has 6 N–H and O–H groups in total. The van der Waals surface area contributed by atoms with Crippen molar-refractivity contribution in [1.29, 1.82) is 0 Å². The zero-order chi connectivity index (χ0) is 27.4. The third-order valence-corrected chi connectivity index (χ3v) is 5.36. The maximum atomic E-state index is 12.9. The molecule has 11 heteroatoms. The van der Waals surface area contributed by atoms with Crippen molar-refractivity contribution in [3.8, 4) is 0 Å². The Balaban J connectivity index is 1.81. The normalized spacial score (nSPS) is 12.3. The van der Waals surface area contributed by atoms with Crippen molar-refractivity contribution in [2.45, 2.75) is 25.7 Å². The highest BCUT2D eigenvalue weighted by molar-refractivity contribution is 5.84. The second-order valence-electron chi connectivity index (χ2n) is 8.30. The van der Waals surface area contributed by atoms with Crippen LogP contribution in [0.3, 0.4) is 0 Å². The molecule has 2 amide bonds. The summed E-state index contributed by atoms with van der Waals surface area (Å²) in [6, 6.07) is 16.6. The molecule has 0 saturated heterocycles. The van der Waals surface area contributed by atoms with Gasteiger partial charge >= 0.3 is 18.0 Å². The quantitative estimate of drug-likeness (QED) is 0.163. The second-order valence-corrected chi connectivity index (χ2v) is 8.30. The highest BCUT2D eigenvalue weighted by atomic mass is 16.5. The molecule has 2 rings (SSSR count). The number of amides is 2. The number of rotatable bonds is 18. The van der Waals surface area contributed by atoms with E-state index in [0.717, 1.165) is 11.1 Å². The van der Waals surface area contributed by atoms with E-state index >= 15 is 0 Å². The monoisotopic (exact) mass is 530 g/mol. The fraction of sp³-hybridized carbons (Fsp3) is 0.444. The summed E-state index contributed by atoms with van der Waals surface area (Å²) in [5.41, 5.74) is 13.1. The van der Waals surface area contributed by atoms with E-state index in [1.165, 1.54) is 0 Å². The van der Waals surface area contributed by atoms with Gasteiger partial charge < -0.3 is 41.0 Å². The summed E-state index contributed by atoms with van der Waals surface area (Å²) in [6.45, 7) is 2.50. The van der Waals surface area contributed by atoms with Crippen molar-refractivity contribution < 1.29 is 33.3 Å². The number of ether oxygens (including phenoxy) is 4. The summed E-state index contributed by atoms with van der Waals surface area (Å²) in [6.07, 6.45) is 0.0810. The molecule has 0 aromatic heterocycles. The Morgan fingerprint density at radius 1 is 0.711 bits per heavy atom. The Bertz CT molecular complexity index is 947. The molecule has 0 aliphatic rings. The number of hydrogen-bond acceptors (Lipinski definition) is 9. The molecule has 0 radical (unpaired) electrons. The third-order valence-electron chi connectivity index (χ3n) is 5.36. The van der Waals surface area contributed by atoms with Gasteiger partial charge in [0.1, 0.15) is 19.3 Å². The molecule has 0 fully saturated rings. The van der Waals surface area contributed by atoms with Gasteiger partial charge in [-0.3, -0.25) is 9.59 Å². The first-order valence-electron chi connectivity index (χ1n) is 12.5. The van der Waals surface area contributed by atoms with Gasteiger partial charge in [0.15, 0.2) is 0 Å². The van der Waals surface area contributed by atoms with E-state index in [1.54, 1.807) is 0 Å². The molecule has 2 aromatic rings. The lowest BCUT2D eigenvalue weighted by atomic mass is 9.96. The van der Waals surface area contributed by atoms with Crippen LogP contribution in [0.5, 0.6) is 0 Å². The molecular weight excluding hydrogens is 492 g/mol. The molecule has 0 aliphatic heterocycles. The van der Waals surface area contributed by atoms with Crippen LogP contribution in [-0.4, -0.2) is 70.1 Å². The molecule has 2 aromatic carbocycles. The van der Waals surface area contributed by atoms with Crippen LogP contribution in [-0.2, 0) is 41.8 Å². The van der Waals surface area contributed by atoms with Gasteiger partial charge in [-0.1, -0.05) is 60.7 Å². The molecule has 0 saturated carbocycles. The Kier molecular flexibility index (Phi) is 15.1. The van der Waals surface area contributed by atoms with Gasteiger partial charge in [-0.15, -0.1) is 0 Å². The number of benzene rings is 2. The number of carbonyl (C=O) groups excluding carboxylic acids is 3. The predicted molar refractivity (Wildman–Crippen MR) is 141 cm³/mol. The van der Waals surface area contributed by atoms with Crippen molar-refractivity contribution in [2.24, 2.45) is 17.4 Å².